The third-order valence-corrected chi connectivity index (χ3v) is 5.68. The molecule has 0 radical (unpaired) electrons. The zero-order valence-electron chi connectivity index (χ0n) is 13.2. The van der Waals surface area contributed by atoms with Crippen LogP contribution in [0.2, 0.25) is 0 Å². The second-order valence-electron chi connectivity index (χ2n) is 5.28. The third-order valence-electron chi connectivity index (χ3n) is 3.50. The molecule has 128 valence electrons. The van der Waals surface area contributed by atoms with E-state index in [-0.39, 0.29) is 28.5 Å². The normalized spacial score (nSPS) is 10.8. The number of anilines is 1. The Morgan fingerprint density at radius 3 is 2.80 bits per heavy atom. The van der Waals surface area contributed by atoms with Crippen molar-refractivity contribution in [3.05, 3.63) is 53.3 Å². The van der Waals surface area contributed by atoms with Crippen molar-refractivity contribution in [1.29, 1.82) is 0 Å². The summed E-state index contributed by atoms with van der Waals surface area (Å²) in [4.78, 5) is 27.8. The summed E-state index contributed by atoms with van der Waals surface area (Å²) in [6.07, 6.45) is 0. The van der Waals surface area contributed by atoms with E-state index in [4.69, 9.17) is 5.73 Å². The maximum Gasteiger partial charge on any atom is 0.248 e. The fourth-order valence-corrected chi connectivity index (χ4v) is 4.05. The van der Waals surface area contributed by atoms with Crippen molar-refractivity contribution in [3.8, 4) is 0 Å². The zero-order chi connectivity index (χ0) is 18.0. The first-order valence-corrected chi connectivity index (χ1v) is 9.12. The Hall–Kier alpha value is -2.45. The second-order valence-corrected chi connectivity index (χ2v) is 7.53. The number of amides is 2. The van der Waals surface area contributed by atoms with Gasteiger partial charge in [0.15, 0.2) is 4.34 Å². The van der Waals surface area contributed by atoms with Gasteiger partial charge in [0, 0.05) is 16.8 Å². The lowest BCUT2D eigenvalue weighted by atomic mass is 10.1. The molecule has 0 aliphatic rings. The molecule has 0 bridgehead atoms. The number of hydrogen-bond donors (Lipinski definition) is 2. The van der Waals surface area contributed by atoms with Gasteiger partial charge in [0.2, 0.25) is 11.8 Å². The highest BCUT2D eigenvalue weighted by atomic mass is 32.2. The van der Waals surface area contributed by atoms with Gasteiger partial charge in [-0.1, -0.05) is 23.9 Å². The predicted molar refractivity (Wildman–Crippen MR) is 98.6 cm³/mol. The first-order valence-electron chi connectivity index (χ1n) is 7.32. The molecule has 0 atom stereocenters. The van der Waals surface area contributed by atoms with Crippen LogP contribution in [0.4, 0.5) is 10.1 Å². The molecular formula is C17H14FN3O2S2. The monoisotopic (exact) mass is 375 g/mol. The minimum atomic E-state index is -0.752. The molecule has 3 rings (SSSR count). The Morgan fingerprint density at radius 2 is 2.08 bits per heavy atom. The fourth-order valence-electron chi connectivity index (χ4n) is 2.18. The first-order chi connectivity index (χ1) is 11.9. The molecule has 0 saturated heterocycles. The van der Waals surface area contributed by atoms with Crippen LogP contribution in [0.25, 0.3) is 10.2 Å². The summed E-state index contributed by atoms with van der Waals surface area (Å²) in [5, 5.41) is 2.62. The number of primary amides is 1. The summed E-state index contributed by atoms with van der Waals surface area (Å²) in [5.74, 6) is -1.53. The van der Waals surface area contributed by atoms with Crippen molar-refractivity contribution in [1.82, 2.24) is 4.98 Å². The SMILES string of the molecule is Cc1c(F)cc(C(N)=O)cc1NC(=O)CSc1nc2ccccc2s1. The number of thiazole rings is 1. The molecule has 3 aromatic rings. The Balaban J connectivity index is 1.69. The number of benzene rings is 2. The van der Waals surface area contributed by atoms with E-state index in [2.05, 4.69) is 10.3 Å². The van der Waals surface area contributed by atoms with Crippen molar-refractivity contribution >= 4 is 50.8 Å². The molecule has 0 aliphatic carbocycles. The molecule has 1 aromatic heterocycles. The Morgan fingerprint density at radius 1 is 1.32 bits per heavy atom. The van der Waals surface area contributed by atoms with Gasteiger partial charge in [-0.05, 0) is 31.2 Å². The van der Waals surface area contributed by atoms with Crippen LogP contribution in [0.15, 0.2) is 40.7 Å². The second kappa shape index (κ2) is 7.20. The summed E-state index contributed by atoms with van der Waals surface area (Å²) in [7, 11) is 0. The number of thioether (sulfide) groups is 1. The number of fused-ring (bicyclic) bond motifs is 1. The Labute approximate surface area is 151 Å². The van der Waals surface area contributed by atoms with Gasteiger partial charge in [0.05, 0.1) is 16.0 Å². The van der Waals surface area contributed by atoms with E-state index in [1.807, 2.05) is 24.3 Å². The highest BCUT2D eigenvalue weighted by Crippen LogP contribution is 2.29. The lowest BCUT2D eigenvalue weighted by Gasteiger charge is -2.10. The van der Waals surface area contributed by atoms with E-state index in [1.54, 1.807) is 0 Å². The van der Waals surface area contributed by atoms with E-state index in [1.165, 1.54) is 36.1 Å². The van der Waals surface area contributed by atoms with Crippen LogP contribution in [-0.2, 0) is 4.79 Å². The number of aromatic nitrogens is 1. The van der Waals surface area contributed by atoms with Crippen molar-refractivity contribution in [3.63, 3.8) is 0 Å². The molecule has 3 N–H and O–H groups in total. The number of carbonyl (C=O) groups excluding carboxylic acids is 2. The molecule has 0 aliphatic heterocycles. The molecule has 0 saturated carbocycles. The van der Waals surface area contributed by atoms with Crippen LogP contribution in [0.3, 0.4) is 0 Å². The van der Waals surface area contributed by atoms with Crippen LogP contribution >= 0.6 is 23.1 Å². The maximum absolute atomic E-state index is 13.8. The minimum absolute atomic E-state index is 0.0113. The van der Waals surface area contributed by atoms with Gasteiger partial charge in [-0.25, -0.2) is 9.37 Å². The van der Waals surface area contributed by atoms with E-state index < -0.39 is 11.7 Å². The Bertz CT molecular complexity index is 939. The summed E-state index contributed by atoms with van der Waals surface area (Å²) in [6.45, 7) is 1.52. The zero-order valence-corrected chi connectivity index (χ0v) is 14.8. The quantitative estimate of drug-likeness (QED) is 0.668. The highest BCUT2D eigenvalue weighted by Gasteiger charge is 2.13. The molecule has 1 heterocycles. The van der Waals surface area contributed by atoms with Crippen LogP contribution in [0.1, 0.15) is 15.9 Å². The number of nitrogens with zero attached hydrogens (tertiary/aromatic N) is 1. The van der Waals surface area contributed by atoms with Gasteiger partial charge < -0.3 is 11.1 Å². The van der Waals surface area contributed by atoms with Crippen LogP contribution in [-0.4, -0.2) is 22.6 Å². The number of para-hydroxylation sites is 1. The van der Waals surface area contributed by atoms with Crippen LogP contribution in [0.5, 0.6) is 0 Å². The van der Waals surface area contributed by atoms with E-state index >= 15 is 0 Å². The lowest BCUT2D eigenvalue weighted by molar-refractivity contribution is -0.113. The third kappa shape index (κ3) is 3.97. The van der Waals surface area contributed by atoms with E-state index in [9.17, 15) is 14.0 Å². The number of halogens is 1. The number of carbonyl (C=O) groups is 2. The highest BCUT2D eigenvalue weighted by molar-refractivity contribution is 8.01. The largest absolute Gasteiger partial charge is 0.366 e. The number of nitrogens with one attached hydrogen (secondary N) is 1. The molecule has 8 heteroatoms. The van der Waals surface area contributed by atoms with Crippen molar-refractivity contribution in [2.24, 2.45) is 5.73 Å². The molecular weight excluding hydrogens is 361 g/mol. The molecule has 25 heavy (non-hydrogen) atoms. The topological polar surface area (TPSA) is 85.1 Å². The number of nitrogens with two attached hydrogens (primary N) is 1. The van der Waals surface area contributed by atoms with Gasteiger partial charge in [-0.3, -0.25) is 9.59 Å². The van der Waals surface area contributed by atoms with Crippen molar-refractivity contribution in [2.75, 3.05) is 11.1 Å². The number of hydrogen-bond acceptors (Lipinski definition) is 5. The van der Waals surface area contributed by atoms with Crippen molar-refractivity contribution < 1.29 is 14.0 Å². The minimum Gasteiger partial charge on any atom is -0.366 e. The smallest absolute Gasteiger partial charge is 0.248 e. The fraction of sp³-hybridized carbons (Fsp3) is 0.118. The number of rotatable bonds is 5. The van der Waals surface area contributed by atoms with Gasteiger partial charge in [0.1, 0.15) is 5.82 Å². The molecule has 0 unspecified atom stereocenters. The summed E-state index contributed by atoms with van der Waals surface area (Å²) >= 11 is 2.81. The van der Waals surface area contributed by atoms with Gasteiger partial charge in [-0.2, -0.15) is 0 Å². The Kier molecular flexibility index (Phi) is 5.00. The summed E-state index contributed by atoms with van der Waals surface area (Å²) < 4.78 is 15.7. The standard InChI is InChI=1S/C17H14FN3O2S2/c1-9-11(18)6-10(16(19)23)7-13(9)20-15(22)8-24-17-21-12-4-2-3-5-14(12)25-17/h2-7H,8H2,1H3,(H2,19,23)(H,20,22). The van der Waals surface area contributed by atoms with Crippen LogP contribution < -0.4 is 11.1 Å². The average molecular weight is 375 g/mol. The first kappa shape index (κ1) is 17.4. The lowest BCUT2D eigenvalue weighted by Crippen LogP contribution is -2.17. The molecule has 0 spiro atoms. The van der Waals surface area contributed by atoms with Gasteiger partial charge in [-0.15, -0.1) is 11.3 Å². The van der Waals surface area contributed by atoms with E-state index in [0.717, 1.165) is 20.6 Å². The van der Waals surface area contributed by atoms with Gasteiger partial charge in [0.25, 0.3) is 0 Å². The summed E-state index contributed by atoms with van der Waals surface area (Å²) in [5.41, 5.74) is 6.57. The van der Waals surface area contributed by atoms with Crippen LogP contribution in [0, 0.1) is 12.7 Å². The molecule has 0 fully saturated rings. The summed E-state index contributed by atoms with van der Waals surface area (Å²) in [6, 6.07) is 10.2. The van der Waals surface area contributed by atoms with Crippen molar-refractivity contribution in [2.45, 2.75) is 11.3 Å². The molecule has 2 aromatic carbocycles. The van der Waals surface area contributed by atoms with Gasteiger partial charge >= 0.3 is 0 Å². The van der Waals surface area contributed by atoms with E-state index in [0.29, 0.717) is 0 Å². The molecule has 5 nitrogen and oxygen atoms in total. The maximum atomic E-state index is 13.8. The molecule has 2 amide bonds. The predicted octanol–water partition coefficient (Wildman–Crippen LogP) is 3.57. The average Bonchev–Trinajstić information content (AvgIpc) is 2.99.